The van der Waals surface area contributed by atoms with Gasteiger partial charge in [-0.15, -0.1) is 4.40 Å². The summed E-state index contributed by atoms with van der Waals surface area (Å²) in [6, 6.07) is 3.66. The Morgan fingerprint density at radius 1 is 1.38 bits per heavy atom. The van der Waals surface area contributed by atoms with Crippen LogP contribution in [0.1, 0.15) is 0 Å². The quantitative estimate of drug-likeness (QED) is 0.604. The Morgan fingerprint density at radius 3 is 2.92 bits per heavy atom. The fraction of sp³-hybridized carbons (Fsp3) is 0. The van der Waals surface area contributed by atoms with Crippen molar-refractivity contribution in [2.24, 2.45) is 4.40 Å². The average Bonchev–Trinajstić information content (AvgIpc) is 2.02. The predicted molar refractivity (Wildman–Crippen MR) is 49.6 cm³/mol. The highest BCUT2D eigenvalue weighted by atomic mass is 32.3. The Balaban J connectivity index is 2.58. The van der Waals surface area contributed by atoms with Gasteiger partial charge in [-0.3, -0.25) is 9.11 Å². The summed E-state index contributed by atoms with van der Waals surface area (Å²) in [6.45, 7) is 0. The first kappa shape index (κ1) is 8.49. The molecule has 70 valence electrons. The first-order valence-corrected chi connectivity index (χ1v) is 4.98. The van der Waals surface area contributed by atoms with Gasteiger partial charge < -0.3 is 5.32 Å². The van der Waals surface area contributed by atoms with E-state index in [1.165, 1.54) is 12.1 Å². The van der Waals surface area contributed by atoms with Crippen molar-refractivity contribution in [3.63, 3.8) is 0 Å². The van der Waals surface area contributed by atoms with E-state index in [0.717, 1.165) is 12.4 Å². The number of nitrogens with zero attached hydrogens (tertiary/aromatic N) is 1. The highest BCUT2D eigenvalue weighted by molar-refractivity contribution is 8.23. The molecule has 0 radical (unpaired) electrons. The monoisotopic (exact) mass is 202 g/mol. The van der Waals surface area contributed by atoms with Crippen molar-refractivity contribution in [3.8, 4) is 0 Å². The lowest BCUT2D eigenvalue weighted by molar-refractivity contribution is 0.489. The van der Waals surface area contributed by atoms with Crippen molar-refractivity contribution < 1.29 is 13.5 Å². The molecule has 1 aliphatic heterocycles. The second-order valence-corrected chi connectivity index (χ2v) is 4.23. The van der Waals surface area contributed by atoms with E-state index in [0.29, 0.717) is 5.69 Å². The first-order chi connectivity index (χ1) is 6.09. The lowest BCUT2D eigenvalue weighted by atomic mass is 10.3. The lowest BCUT2D eigenvalue weighted by Gasteiger charge is -2.31. The maximum Gasteiger partial charge on any atom is 0.125 e. The van der Waals surface area contributed by atoms with Crippen LogP contribution in [0.4, 0.5) is 10.1 Å². The van der Waals surface area contributed by atoms with Crippen LogP contribution in [-0.4, -0.2) is 15.4 Å². The molecule has 1 aromatic rings. The third-order valence-electron chi connectivity index (χ3n) is 1.66. The molecule has 0 amide bonds. The van der Waals surface area contributed by atoms with Gasteiger partial charge >= 0.3 is 0 Å². The number of fused-ring (bicyclic) bond motifs is 1. The van der Waals surface area contributed by atoms with E-state index in [-0.39, 0.29) is 4.90 Å². The molecule has 0 aromatic heterocycles. The summed E-state index contributed by atoms with van der Waals surface area (Å²) < 4.78 is 35.0. The molecule has 0 atom stereocenters. The van der Waals surface area contributed by atoms with Crippen LogP contribution in [0.15, 0.2) is 27.5 Å². The van der Waals surface area contributed by atoms with Crippen LogP contribution >= 0.6 is 10.8 Å². The minimum absolute atomic E-state index is 0.219. The zero-order chi connectivity index (χ0) is 9.47. The van der Waals surface area contributed by atoms with Crippen LogP contribution in [0, 0.1) is 5.82 Å². The van der Waals surface area contributed by atoms with E-state index < -0.39 is 16.6 Å². The SMILES string of the molecule is OS1(O)N=CNc2cc(F)ccc21. The predicted octanol–water partition coefficient (Wildman–Crippen LogP) is 2.30. The van der Waals surface area contributed by atoms with Crippen LogP contribution in [-0.2, 0) is 0 Å². The first-order valence-electron chi connectivity index (χ1n) is 3.48. The molecule has 0 bridgehead atoms. The smallest absolute Gasteiger partial charge is 0.125 e. The standard InChI is InChI=1S/C7H7FN2O2S/c8-5-1-2-7-6(3-5)9-4-10-13(7,11)12/h1-4,11-12H,(H,9,10). The number of anilines is 1. The van der Waals surface area contributed by atoms with Crippen LogP contribution in [0.25, 0.3) is 0 Å². The van der Waals surface area contributed by atoms with E-state index in [2.05, 4.69) is 9.71 Å². The third-order valence-corrected chi connectivity index (χ3v) is 3.00. The van der Waals surface area contributed by atoms with Crippen molar-refractivity contribution in [3.05, 3.63) is 24.0 Å². The molecule has 0 spiro atoms. The van der Waals surface area contributed by atoms with Crippen LogP contribution in [0.3, 0.4) is 0 Å². The van der Waals surface area contributed by atoms with E-state index in [1.807, 2.05) is 0 Å². The van der Waals surface area contributed by atoms with Gasteiger partial charge in [-0.1, -0.05) is 10.8 Å². The topological polar surface area (TPSA) is 64.8 Å². The zero-order valence-electron chi connectivity index (χ0n) is 6.44. The molecular formula is C7H7FN2O2S. The van der Waals surface area contributed by atoms with E-state index in [1.54, 1.807) is 0 Å². The van der Waals surface area contributed by atoms with E-state index in [9.17, 15) is 13.5 Å². The largest absolute Gasteiger partial charge is 0.343 e. The molecule has 0 saturated carbocycles. The Morgan fingerprint density at radius 2 is 2.15 bits per heavy atom. The molecule has 0 aliphatic carbocycles. The molecule has 6 heteroatoms. The molecule has 1 aliphatic rings. The molecule has 0 unspecified atom stereocenters. The second kappa shape index (κ2) is 2.69. The highest BCUT2D eigenvalue weighted by Crippen LogP contribution is 2.54. The third kappa shape index (κ3) is 1.39. The molecule has 2 rings (SSSR count). The van der Waals surface area contributed by atoms with Crippen LogP contribution in [0.5, 0.6) is 0 Å². The maximum atomic E-state index is 12.7. The van der Waals surface area contributed by atoms with Gasteiger partial charge in [-0.05, 0) is 18.2 Å². The fourth-order valence-corrected chi connectivity index (χ4v) is 2.06. The number of benzene rings is 1. The second-order valence-electron chi connectivity index (χ2n) is 2.54. The van der Waals surface area contributed by atoms with E-state index >= 15 is 0 Å². The van der Waals surface area contributed by atoms with Crippen molar-refractivity contribution >= 4 is 22.8 Å². The van der Waals surface area contributed by atoms with Gasteiger partial charge in [0.15, 0.2) is 0 Å². The van der Waals surface area contributed by atoms with Crippen LogP contribution < -0.4 is 5.32 Å². The van der Waals surface area contributed by atoms with Crippen molar-refractivity contribution in [2.75, 3.05) is 5.32 Å². The number of halogens is 1. The Bertz CT molecular complexity index is 381. The van der Waals surface area contributed by atoms with Gasteiger partial charge in [0.2, 0.25) is 0 Å². The molecule has 1 aromatic carbocycles. The normalized spacial score (nSPS) is 20.2. The summed E-state index contributed by atoms with van der Waals surface area (Å²) in [5, 5.41) is 2.63. The average molecular weight is 202 g/mol. The summed E-state index contributed by atoms with van der Waals surface area (Å²) >= 11 is 0. The summed E-state index contributed by atoms with van der Waals surface area (Å²) in [4.78, 5) is 0.219. The summed E-state index contributed by atoms with van der Waals surface area (Å²) in [6.07, 6.45) is 1.15. The van der Waals surface area contributed by atoms with Gasteiger partial charge in [0.05, 0.1) is 5.69 Å². The summed E-state index contributed by atoms with van der Waals surface area (Å²) in [7, 11) is -3.12. The van der Waals surface area contributed by atoms with Gasteiger partial charge in [-0.25, -0.2) is 4.39 Å². The molecule has 1 heterocycles. The van der Waals surface area contributed by atoms with E-state index in [4.69, 9.17) is 0 Å². The number of rotatable bonds is 0. The minimum Gasteiger partial charge on any atom is -0.343 e. The van der Waals surface area contributed by atoms with Gasteiger partial charge in [0, 0.05) is 0 Å². The molecule has 13 heavy (non-hydrogen) atoms. The lowest BCUT2D eigenvalue weighted by Crippen LogP contribution is -2.09. The number of hydrogen-bond acceptors (Lipinski definition) is 4. The maximum absolute atomic E-state index is 12.7. The van der Waals surface area contributed by atoms with Crippen molar-refractivity contribution in [1.82, 2.24) is 0 Å². The molecule has 4 nitrogen and oxygen atoms in total. The van der Waals surface area contributed by atoms with Gasteiger partial charge in [0.1, 0.15) is 17.1 Å². The highest BCUT2D eigenvalue weighted by Gasteiger charge is 2.21. The molecule has 3 N–H and O–H groups in total. The van der Waals surface area contributed by atoms with Crippen molar-refractivity contribution in [1.29, 1.82) is 0 Å². The summed E-state index contributed by atoms with van der Waals surface area (Å²) in [5.74, 6) is -0.434. The molecule has 0 saturated heterocycles. The molecular weight excluding hydrogens is 195 g/mol. The molecule has 0 fully saturated rings. The van der Waals surface area contributed by atoms with Gasteiger partial charge in [0.25, 0.3) is 0 Å². The van der Waals surface area contributed by atoms with Crippen LogP contribution in [0.2, 0.25) is 0 Å². The Kier molecular flexibility index (Phi) is 1.76. The Labute approximate surface area is 75.6 Å². The van der Waals surface area contributed by atoms with Crippen molar-refractivity contribution in [2.45, 2.75) is 4.90 Å². The number of hydrogen-bond donors (Lipinski definition) is 3. The summed E-state index contributed by atoms with van der Waals surface area (Å²) in [5.41, 5.74) is 0.343. The van der Waals surface area contributed by atoms with Gasteiger partial charge in [-0.2, -0.15) is 0 Å². The number of nitrogens with one attached hydrogen (secondary N) is 1. The Hall–Kier alpha value is -1.11. The fourth-order valence-electron chi connectivity index (χ4n) is 1.08. The minimum atomic E-state index is -3.12. The zero-order valence-corrected chi connectivity index (χ0v) is 7.25.